The van der Waals surface area contributed by atoms with Gasteiger partial charge in [-0.2, -0.15) is 0 Å². The fourth-order valence-corrected chi connectivity index (χ4v) is 3.13. The zero-order valence-corrected chi connectivity index (χ0v) is 13.8. The van der Waals surface area contributed by atoms with Gasteiger partial charge in [-0.15, -0.1) is 0 Å². The minimum Gasteiger partial charge on any atom is -0.494 e. The van der Waals surface area contributed by atoms with Crippen molar-refractivity contribution in [3.8, 4) is 5.75 Å². The van der Waals surface area contributed by atoms with E-state index in [0.717, 1.165) is 23.5 Å². The van der Waals surface area contributed by atoms with Crippen molar-refractivity contribution in [3.63, 3.8) is 0 Å². The highest BCUT2D eigenvalue weighted by Gasteiger charge is 2.15. The SMILES string of the molecule is CCOc1ccc(S(=O)(=O)NCc2cnc(CC)[nH]2)cc1C. The summed E-state index contributed by atoms with van der Waals surface area (Å²) in [5, 5.41) is 0. The summed E-state index contributed by atoms with van der Waals surface area (Å²) in [7, 11) is -3.56. The second-order valence-corrected chi connectivity index (χ2v) is 6.66. The monoisotopic (exact) mass is 323 g/mol. The minimum atomic E-state index is -3.56. The number of hydrogen-bond acceptors (Lipinski definition) is 4. The molecule has 2 N–H and O–H groups in total. The summed E-state index contributed by atoms with van der Waals surface area (Å²) in [6.07, 6.45) is 2.43. The number of imidazole rings is 1. The molecule has 7 heteroatoms. The molecule has 0 saturated heterocycles. The number of hydrogen-bond donors (Lipinski definition) is 2. The standard InChI is InChI=1S/C15H21N3O3S/c1-4-15-16-9-12(18-15)10-17-22(19,20)13-6-7-14(21-5-2)11(3)8-13/h6-9,17H,4-5,10H2,1-3H3,(H,16,18). The third kappa shape index (κ3) is 3.86. The van der Waals surface area contributed by atoms with E-state index in [1.54, 1.807) is 24.4 Å². The summed E-state index contributed by atoms with van der Waals surface area (Å²) in [5.74, 6) is 1.54. The van der Waals surface area contributed by atoms with Gasteiger partial charge >= 0.3 is 0 Å². The van der Waals surface area contributed by atoms with Gasteiger partial charge in [0.2, 0.25) is 10.0 Å². The van der Waals surface area contributed by atoms with Crippen LogP contribution in [0.4, 0.5) is 0 Å². The van der Waals surface area contributed by atoms with Crippen molar-refractivity contribution >= 4 is 10.0 Å². The van der Waals surface area contributed by atoms with Gasteiger partial charge in [0.05, 0.1) is 18.0 Å². The Morgan fingerprint density at radius 3 is 2.68 bits per heavy atom. The van der Waals surface area contributed by atoms with E-state index in [9.17, 15) is 8.42 Å². The van der Waals surface area contributed by atoms with E-state index < -0.39 is 10.0 Å². The molecule has 0 aliphatic heterocycles. The summed E-state index contributed by atoms with van der Waals surface area (Å²) in [4.78, 5) is 7.44. The van der Waals surface area contributed by atoms with E-state index in [1.807, 2.05) is 20.8 Å². The lowest BCUT2D eigenvalue weighted by Gasteiger charge is -2.10. The normalized spacial score (nSPS) is 11.6. The number of aromatic nitrogens is 2. The van der Waals surface area contributed by atoms with Gasteiger partial charge < -0.3 is 9.72 Å². The van der Waals surface area contributed by atoms with Gasteiger partial charge in [-0.25, -0.2) is 18.1 Å². The highest BCUT2D eigenvalue weighted by Crippen LogP contribution is 2.21. The first-order valence-electron chi connectivity index (χ1n) is 7.22. The number of sulfonamides is 1. The zero-order valence-electron chi connectivity index (χ0n) is 13.0. The van der Waals surface area contributed by atoms with E-state index in [4.69, 9.17) is 4.74 Å². The highest BCUT2D eigenvalue weighted by molar-refractivity contribution is 7.89. The molecular formula is C15H21N3O3S. The lowest BCUT2D eigenvalue weighted by molar-refractivity contribution is 0.337. The Kier molecular flexibility index (Phi) is 5.20. The van der Waals surface area contributed by atoms with Crippen LogP contribution >= 0.6 is 0 Å². The summed E-state index contributed by atoms with van der Waals surface area (Å²) in [6.45, 7) is 6.43. The summed E-state index contributed by atoms with van der Waals surface area (Å²) >= 11 is 0. The van der Waals surface area contributed by atoms with E-state index in [0.29, 0.717) is 12.4 Å². The van der Waals surface area contributed by atoms with Crippen molar-refractivity contribution in [2.24, 2.45) is 0 Å². The van der Waals surface area contributed by atoms with Gasteiger partial charge in [-0.05, 0) is 37.6 Å². The third-order valence-corrected chi connectivity index (χ3v) is 4.62. The second kappa shape index (κ2) is 6.93. The van der Waals surface area contributed by atoms with Crippen LogP contribution in [0.2, 0.25) is 0 Å². The molecule has 0 radical (unpaired) electrons. The number of rotatable bonds is 7. The number of ether oxygens (including phenoxy) is 1. The number of H-pyrrole nitrogens is 1. The molecule has 0 atom stereocenters. The van der Waals surface area contributed by atoms with E-state index in [1.165, 1.54) is 0 Å². The number of aryl methyl sites for hydroxylation is 2. The minimum absolute atomic E-state index is 0.182. The number of benzene rings is 1. The van der Waals surface area contributed by atoms with Crippen LogP contribution in [0.3, 0.4) is 0 Å². The fraction of sp³-hybridized carbons (Fsp3) is 0.400. The van der Waals surface area contributed by atoms with Crippen LogP contribution < -0.4 is 9.46 Å². The first kappa shape index (κ1) is 16.5. The molecule has 2 rings (SSSR count). The molecule has 6 nitrogen and oxygen atoms in total. The van der Waals surface area contributed by atoms with Crippen LogP contribution in [-0.2, 0) is 23.0 Å². The van der Waals surface area contributed by atoms with Crippen LogP contribution in [0, 0.1) is 6.92 Å². The molecule has 22 heavy (non-hydrogen) atoms. The lowest BCUT2D eigenvalue weighted by atomic mass is 10.2. The third-order valence-electron chi connectivity index (χ3n) is 3.23. The van der Waals surface area contributed by atoms with Gasteiger partial charge in [0.25, 0.3) is 0 Å². The maximum Gasteiger partial charge on any atom is 0.240 e. The molecule has 0 fully saturated rings. The first-order valence-corrected chi connectivity index (χ1v) is 8.70. The molecule has 120 valence electrons. The molecule has 2 aromatic rings. The topological polar surface area (TPSA) is 84.1 Å². The van der Waals surface area contributed by atoms with Crippen molar-refractivity contribution in [2.75, 3.05) is 6.61 Å². The van der Waals surface area contributed by atoms with Crippen LogP contribution in [0.15, 0.2) is 29.3 Å². The molecule has 0 bridgehead atoms. The lowest BCUT2D eigenvalue weighted by Crippen LogP contribution is -2.23. The van der Waals surface area contributed by atoms with Crippen molar-refractivity contribution in [3.05, 3.63) is 41.5 Å². The molecule has 0 saturated carbocycles. The van der Waals surface area contributed by atoms with Crippen LogP contribution in [0.5, 0.6) is 5.75 Å². The molecule has 0 spiro atoms. The summed E-state index contributed by atoms with van der Waals surface area (Å²) in [6, 6.07) is 4.83. The number of aromatic amines is 1. The maximum atomic E-state index is 12.3. The van der Waals surface area contributed by atoms with Gasteiger partial charge in [0, 0.05) is 18.3 Å². The summed E-state index contributed by atoms with van der Waals surface area (Å²) in [5.41, 5.74) is 1.53. The fourth-order valence-electron chi connectivity index (χ4n) is 2.04. The molecule has 0 amide bonds. The van der Waals surface area contributed by atoms with Gasteiger partial charge in [0.1, 0.15) is 11.6 Å². The van der Waals surface area contributed by atoms with Gasteiger partial charge in [-0.1, -0.05) is 6.92 Å². The Morgan fingerprint density at radius 1 is 1.32 bits per heavy atom. The molecule has 1 heterocycles. The van der Waals surface area contributed by atoms with Crippen LogP contribution in [0.1, 0.15) is 30.9 Å². The average Bonchev–Trinajstić information content (AvgIpc) is 2.95. The van der Waals surface area contributed by atoms with Crippen molar-refractivity contribution in [1.29, 1.82) is 0 Å². The second-order valence-electron chi connectivity index (χ2n) is 4.89. The quantitative estimate of drug-likeness (QED) is 0.818. The van der Waals surface area contributed by atoms with E-state index >= 15 is 0 Å². The van der Waals surface area contributed by atoms with Crippen LogP contribution in [-0.4, -0.2) is 25.0 Å². The van der Waals surface area contributed by atoms with E-state index in [-0.39, 0.29) is 11.4 Å². The predicted molar refractivity (Wildman–Crippen MR) is 84.3 cm³/mol. The average molecular weight is 323 g/mol. The number of nitrogens with one attached hydrogen (secondary N) is 2. The molecule has 1 aromatic heterocycles. The van der Waals surface area contributed by atoms with Gasteiger partial charge in [-0.3, -0.25) is 0 Å². The Labute approximate surface area is 131 Å². The molecule has 0 aliphatic rings. The van der Waals surface area contributed by atoms with Gasteiger partial charge in [0.15, 0.2) is 0 Å². The largest absolute Gasteiger partial charge is 0.494 e. The predicted octanol–water partition coefficient (Wildman–Crippen LogP) is 2.16. The van der Waals surface area contributed by atoms with Crippen molar-refractivity contribution in [1.82, 2.24) is 14.7 Å². The van der Waals surface area contributed by atoms with Crippen molar-refractivity contribution in [2.45, 2.75) is 38.6 Å². The molecule has 0 aliphatic carbocycles. The smallest absolute Gasteiger partial charge is 0.240 e. The first-order chi connectivity index (χ1) is 10.5. The molecular weight excluding hydrogens is 302 g/mol. The summed E-state index contributed by atoms with van der Waals surface area (Å²) < 4.78 is 32.6. The maximum absolute atomic E-state index is 12.3. The van der Waals surface area contributed by atoms with Crippen LogP contribution in [0.25, 0.3) is 0 Å². The zero-order chi connectivity index (χ0) is 16.2. The molecule has 0 unspecified atom stereocenters. The number of nitrogens with zero attached hydrogens (tertiary/aromatic N) is 1. The van der Waals surface area contributed by atoms with E-state index in [2.05, 4.69) is 14.7 Å². The Balaban J connectivity index is 2.11. The molecule has 1 aromatic carbocycles. The Hall–Kier alpha value is -1.86. The Bertz CT molecular complexity index is 738. The Morgan fingerprint density at radius 2 is 2.09 bits per heavy atom. The van der Waals surface area contributed by atoms with Crippen molar-refractivity contribution < 1.29 is 13.2 Å². The highest BCUT2D eigenvalue weighted by atomic mass is 32.2.